The lowest BCUT2D eigenvalue weighted by Gasteiger charge is -2.29. The van der Waals surface area contributed by atoms with Crippen molar-refractivity contribution in [3.05, 3.63) is 48.7 Å². The van der Waals surface area contributed by atoms with Crippen molar-refractivity contribution >= 4 is 29.8 Å². The number of benzene rings is 1. The zero-order valence-electron chi connectivity index (χ0n) is 15.4. The first kappa shape index (κ1) is 18.7. The van der Waals surface area contributed by atoms with Crippen LogP contribution in [0.15, 0.2) is 47.8 Å². The van der Waals surface area contributed by atoms with Gasteiger partial charge in [-0.05, 0) is 23.8 Å². The average Bonchev–Trinajstić information content (AvgIpc) is 3.16. The van der Waals surface area contributed by atoms with E-state index < -0.39 is 5.82 Å². The highest BCUT2D eigenvalue weighted by atomic mass is 32.1. The van der Waals surface area contributed by atoms with Gasteiger partial charge in [0.2, 0.25) is 0 Å². The minimum Gasteiger partial charge on any atom is -0.378 e. The molecule has 3 heterocycles. The van der Waals surface area contributed by atoms with Crippen LogP contribution < -0.4 is 15.8 Å². The number of morpholine rings is 1. The highest BCUT2D eigenvalue weighted by Gasteiger charge is 2.18. The molecule has 9 heteroatoms. The number of thiol groups is 1. The summed E-state index contributed by atoms with van der Waals surface area (Å²) in [4.78, 5) is 6.75. The molecule has 0 amide bonds. The molecule has 0 aliphatic carbocycles. The Kier molecular flexibility index (Phi) is 5.21. The molecule has 3 aromatic rings. The number of pyridine rings is 1. The van der Waals surface area contributed by atoms with E-state index in [0.717, 1.165) is 24.5 Å². The molecule has 1 aliphatic rings. The first-order valence-corrected chi connectivity index (χ1v) is 9.33. The Morgan fingerprint density at radius 3 is 2.71 bits per heavy atom. The van der Waals surface area contributed by atoms with Crippen molar-refractivity contribution in [1.82, 2.24) is 14.8 Å². The Morgan fingerprint density at radius 2 is 2.00 bits per heavy atom. The van der Waals surface area contributed by atoms with Crippen molar-refractivity contribution in [3.8, 4) is 11.1 Å². The van der Waals surface area contributed by atoms with Crippen LogP contribution in [0.2, 0.25) is 0 Å². The predicted octanol–water partition coefficient (Wildman–Crippen LogP) is 2.76. The molecule has 4 rings (SSSR count). The second-order valence-corrected chi connectivity index (χ2v) is 7.02. The number of ether oxygens (including phenoxy) is 1. The van der Waals surface area contributed by atoms with E-state index in [9.17, 15) is 4.39 Å². The van der Waals surface area contributed by atoms with Gasteiger partial charge in [0.25, 0.3) is 0 Å². The van der Waals surface area contributed by atoms with Crippen molar-refractivity contribution in [1.29, 1.82) is 0 Å². The summed E-state index contributed by atoms with van der Waals surface area (Å²) >= 11 is 4.33. The van der Waals surface area contributed by atoms with Crippen molar-refractivity contribution in [2.24, 2.45) is 12.9 Å². The first-order chi connectivity index (χ1) is 13.5. The van der Waals surface area contributed by atoms with E-state index in [2.05, 4.69) is 27.6 Å². The molecule has 1 saturated heterocycles. The van der Waals surface area contributed by atoms with Gasteiger partial charge < -0.3 is 9.64 Å². The van der Waals surface area contributed by atoms with Crippen LogP contribution in [-0.2, 0) is 11.8 Å². The van der Waals surface area contributed by atoms with E-state index in [4.69, 9.17) is 10.6 Å². The van der Waals surface area contributed by atoms with E-state index in [-0.39, 0.29) is 4.90 Å². The third-order valence-corrected chi connectivity index (χ3v) is 5.13. The van der Waals surface area contributed by atoms with Crippen LogP contribution in [0.1, 0.15) is 0 Å². The Hall–Kier alpha value is -2.62. The molecule has 0 atom stereocenters. The molecule has 1 aromatic carbocycles. The van der Waals surface area contributed by atoms with E-state index in [1.165, 1.54) is 11.1 Å². The first-order valence-electron chi connectivity index (χ1n) is 8.88. The number of anilines is 3. The number of aromatic nitrogens is 3. The third kappa shape index (κ3) is 3.68. The van der Waals surface area contributed by atoms with Gasteiger partial charge in [-0.1, -0.05) is 0 Å². The minimum absolute atomic E-state index is 0.180. The van der Waals surface area contributed by atoms with Gasteiger partial charge in [0.15, 0.2) is 0 Å². The van der Waals surface area contributed by atoms with Crippen molar-refractivity contribution in [3.63, 3.8) is 0 Å². The van der Waals surface area contributed by atoms with Gasteiger partial charge in [-0.3, -0.25) is 9.69 Å². The average molecular weight is 400 g/mol. The highest BCUT2D eigenvalue weighted by molar-refractivity contribution is 7.80. The lowest BCUT2D eigenvalue weighted by Crippen LogP contribution is -2.37. The summed E-state index contributed by atoms with van der Waals surface area (Å²) in [5, 5.41) is 5.57. The molecule has 7 nitrogen and oxygen atoms in total. The molecule has 0 unspecified atom stereocenters. The number of nitrogens with two attached hydrogens (primary N) is 1. The molecule has 1 fully saturated rings. The van der Waals surface area contributed by atoms with E-state index >= 15 is 0 Å². The van der Waals surface area contributed by atoms with Gasteiger partial charge >= 0.3 is 0 Å². The van der Waals surface area contributed by atoms with Gasteiger partial charge in [0, 0.05) is 44.2 Å². The van der Waals surface area contributed by atoms with Gasteiger partial charge in [0.1, 0.15) is 11.6 Å². The SMILES string of the molecule is Cn1cc(-c2cc(F)c(S)c(N(N)c3ccnc(N4CCOCC4)c3)c2)cn1. The minimum atomic E-state index is -0.447. The fraction of sp³-hybridized carbons (Fsp3) is 0.263. The zero-order valence-corrected chi connectivity index (χ0v) is 16.3. The molecule has 1 aliphatic heterocycles. The Bertz CT molecular complexity index is 988. The number of nitrogens with zero attached hydrogens (tertiary/aromatic N) is 5. The standard InChI is InChI=1S/C19H21FN6OS/c1-24-12-14(11-23-24)13-8-16(20)19(28)17(9-13)26(21)15-2-3-22-18(10-15)25-4-6-27-7-5-25/h2-3,8-12,28H,4-7,21H2,1H3. The number of hydrogen-bond acceptors (Lipinski definition) is 7. The fourth-order valence-electron chi connectivity index (χ4n) is 3.17. The Balaban J connectivity index is 1.69. The summed E-state index contributed by atoms with van der Waals surface area (Å²) in [7, 11) is 1.81. The lowest BCUT2D eigenvalue weighted by atomic mass is 10.1. The molecule has 146 valence electrons. The van der Waals surface area contributed by atoms with Gasteiger partial charge in [-0.2, -0.15) is 5.10 Å². The quantitative estimate of drug-likeness (QED) is 0.399. The topological polar surface area (TPSA) is 72.4 Å². The monoisotopic (exact) mass is 400 g/mol. The van der Waals surface area contributed by atoms with E-state index in [0.29, 0.717) is 30.2 Å². The maximum Gasteiger partial charge on any atom is 0.139 e. The normalized spacial score (nSPS) is 14.4. The summed E-state index contributed by atoms with van der Waals surface area (Å²) in [5.41, 5.74) is 2.63. The second-order valence-electron chi connectivity index (χ2n) is 6.57. The Labute approximate surface area is 167 Å². The third-order valence-electron chi connectivity index (χ3n) is 4.68. The summed E-state index contributed by atoms with van der Waals surface area (Å²) in [6, 6.07) is 6.90. The van der Waals surface area contributed by atoms with Crippen molar-refractivity contribution in [2.45, 2.75) is 4.90 Å². The van der Waals surface area contributed by atoms with Crippen LogP contribution in [0, 0.1) is 5.82 Å². The predicted molar refractivity (Wildman–Crippen MR) is 109 cm³/mol. The van der Waals surface area contributed by atoms with Gasteiger partial charge in [0.05, 0.1) is 35.7 Å². The van der Waals surface area contributed by atoms with Crippen LogP contribution in [0.4, 0.5) is 21.6 Å². The number of aryl methyl sites for hydroxylation is 1. The Morgan fingerprint density at radius 1 is 1.21 bits per heavy atom. The zero-order chi connectivity index (χ0) is 19.7. The highest BCUT2D eigenvalue weighted by Crippen LogP contribution is 2.35. The van der Waals surface area contributed by atoms with Crippen LogP contribution in [0.5, 0.6) is 0 Å². The molecule has 0 saturated carbocycles. The van der Waals surface area contributed by atoms with Crippen molar-refractivity contribution in [2.75, 3.05) is 36.2 Å². The van der Waals surface area contributed by atoms with Crippen LogP contribution >= 0.6 is 12.6 Å². The fourth-order valence-corrected chi connectivity index (χ4v) is 3.40. The molecular weight excluding hydrogens is 379 g/mol. The van der Waals surface area contributed by atoms with Crippen LogP contribution in [-0.4, -0.2) is 41.1 Å². The largest absolute Gasteiger partial charge is 0.378 e. The second kappa shape index (κ2) is 7.78. The number of halogens is 1. The molecule has 0 bridgehead atoms. The summed E-state index contributed by atoms with van der Waals surface area (Å²) in [6.45, 7) is 2.86. The lowest BCUT2D eigenvalue weighted by molar-refractivity contribution is 0.122. The molecule has 28 heavy (non-hydrogen) atoms. The molecule has 2 N–H and O–H groups in total. The van der Waals surface area contributed by atoms with E-state index in [1.807, 2.05) is 19.3 Å². The summed E-state index contributed by atoms with van der Waals surface area (Å²) in [6.07, 6.45) is 5.20. The molecular formula is C19H21FN6OS. The molecule has 2 aromatic heterocycles. The summed E-state index contributed by atoms with van der Waals surface area (Å²) in [5.74, 6) is 6.72. The number of hydrogen-bond donors (Lipinski definition) is 2. The van der Waals surface area contributed by atoms with E-state index in [1.54, 1.807) is 29.2 Å². The van der Waals surface area contributed by atoms with Gasteiger partial charge in [-0.15, -0.1) is 12.6 Å². The van der Waals surface area contributed by atoms with Crippen LogP contribution in [0.3, 0.4) is 0 Å². The number of hydrazine groups is 1. The van der Waals surface area contributed by atoms with Crippen LogP contribution in [0.25, 0.3) is 11.1 Å². The maximum absolute atomic E-state index is 14.6. The smallest absolute Gasteiger partial charge is 0.139 e. The number of rotatable bonds is 4. The molecule has 0 radical (unpaired) electrons. The maximum atomic E-state index is 14.6. The van der Waals surface area contributed by atoms with Gasteiger partial charge in [-0.25, -0.2) is 15.2 Å². The molecule has 0 spiro atoms. The summed E-state index contributed by atoms with van der Waals surface area (Å²) < 4.78 is 21.6. The van der Waals surface area contributed by atoms with Crippen molar-refractivity contribution < 1.29 is 9.13 Å².